The first-order valence-corrected chi connectivity index (χ1v) is 18.9. The number of aliphatic hydroxyl groups excluding tert-OH is 4. The van der Waals surface area contributed by atoms with Gasteiger partial charge in [0, 0.05) is 12.8 Å². The molecule has 1 aliphatic rings. The molecule has 10 heteroatoms. The first-order chi connectivity index (χ1) is 23.3. The Morgan fingerprint density at radius 1 is 0.646 bits per heavy atom. The number of hydrogen-bond donors (Lipinski definition) is 4. The van der Waals surface area contributed by atoms with Gasteiger partial charge >= 0.3 is 11.9 Å². The molecule has 0 aliphatic carbocycles. The van der Waals surface area contributed by atoms with Crippen LogP contribution in [0.25, 0.3) is 0 Å². The Balaban J connectivity index is 2.39. The summed E-state index contributed by atoms with van der Waals surface area (Å²) >= 11 is 0. The van der Waals surface area contributed by atoms with Crippen molar-refractivity contribution in [1.82, 2.24) is 0 Å². The maximum atomic E-state index is 12.6. The second-order valence-electron chi connectivity index (χ2n) is 13.1. The highest BCUT2D eigenvalue weighted by Gasteiger charge is 2.44. The Hall–Kier alpha value is -1.82. The van der Waals surface area contributed by atoms with E-state index in [-0.39, 0.29) is 26.1 Å². The molecule has 280 valence electrons. The average molecular weight is 685 g/mol. The predicted molar refractivity (Wildman–Crippen MR) is 187 cm³/mol. The van der Waals surface area contributed by atoms with Gasteiger partial charge in [0.1, 0.15) is 31.0 Å². The van der Waals surface area contributed by atoms with Crippen LogP contribution in [-0.2, 0) is 28.5 Å². The van der Waals surface area contributed by atoms with Gasteiger partial charge in [0.25, 0.3) is 0 Å². The average Bonchev–Trinajstić information content (AvgIpc) is 3.08. The van der Waals surface area contributed by atoms with Gasteiger partial charge in [-0.25, -0.2) is 0 Å². The fraction of sp³-hybridized carbons (Fsp3) is 0.842. The van der Waals surface area contributed by atoms with Crippen LogP contribution < -0.4 is 0 Å². The van der Waals surface area contributed by atoms with E-state index in [1.54, 1.807) is 0 Å². The molecule has 0 radical (unpaired) electrons. The number of ether oxygens (including phenoxy) is 4. The second kappa shape index (κ2) is 30.0. The molecule has 0 saturated carbocycles. The highest BCUT2D eigenvalue weighted by Crippen LogP contribution is 2.22. The van der Waals surface area contributed by atoms with Crippen molar-refractivity contribution in [2.24, 2.45) is 0 Å². The molecule has 4 N–H and O–H groups in total. The Bertz CT molecular complexity index is 845. The van der Waals surface area contributed by atoms with E-state index in [0.29, 0.717) is 12.8 Å². The summed E-state index contributed by atoms with van der Waals surface area (Å²) in [5, 5.41) is 39.8. The Labute approximate surface area is 290 Å². The van der Waals surface area contributed by atoms with Crippen molar-refractivity contribution in [2.45, 2.75) is 185 Å². The van der Waals surface area contributed by atoms with Crippen molar-refractivity contribution in [3.05, 3.63) is 24.3 Å². The topological polar surface area (TPSA) is 152 Å². The maximum absolute atomic E-state index is 12.6. The van der Waals surface area contributed by atoms with Crippen molar-refractivity contribution in [3.8, 4) is 0 Å². The summed E-state index contributed by atoms with van der Waals surface area (Å²) in [6, 6.07) is 0. The van der Waals surface area contributed by atoms with E-state index in [0.717, 1.165) is 57.8 Å². The van der Waals surface area contributed by atoms with Crippen molar-refractivity contribution in [1.29, 1.82) is 0 Å². The van der Waals surface area contributed by atoms with Gasteiger partial charge in [-0.05, 0) is 38.5 Å². The number of hydrogen-bond acceptors (Lipinski definition) is 10. The molecule has 0 aromatic heterocycles. The van der Waals surface area contributed by atoms with Gasteiger partial charge in [-0.1, -0.05) is 122 Å². The van der Waals surface area contributed by atoms with E-state index in [2.05, 4.69) is 38.2 Å². The summed E-state index contributed by atoms with van der Waals surface area (Å²) in [6.45, 7) is 3.32. The summed E-state index contributed by atoms with van der Waals surface area (Å²) in [7, 11) is 0. The molecule has 2 unspecified atom stereocenters. The van der Waals surface area contributed by atoms with Crippen LogP contribution in [0.2, 0.25) is 0 Å². The third-order valence-corrected chi connectivity index (χ3v) is 8.62. The molecular formula is C38H68O10. The van der Waals surface area contributed by atoms with E-state index >= 15 is 0 Å². The van der Waals surface area contributed by atoms with Crippen LogP contribution in [0.4, 0.5) is 0 Å². The summed E-state index contributed by atoms with van der Waals surface area (Å²) in [6.07, 6.45) is 22.0. The molecular weight excluding hydrogens is 616 g/mol. The van der Waals surface area contributed by atoms with Crippen LogP contribution >= 0.6 is 0 Å². The summed E-state index contributed by atoms with van der Waals surface area (Å²) in [4.78, 5) is 25.0. The molecule has 1 aliphatic heterocycles. The lowest BCUT2D eigenvalue weighted by Gasteiger charge is -2.39. The zero-order valence-corrected chi connectivity index (χ0v) is 30.0. The van der Waals surface area contributed by atoms with Gasteiger partial charge < -0.3 is 39.4 Å². The molecule has 1 rings (SSSR count). The van der Waals surface area contributed by atoms with E-state index in [4.69, 9.17) is 18.9 Å². The summed E-state index contributed by atoms with van der Waals surface area (Å²) < 4.78 is 22.0. The summed E-state index contributed by atoms with van der Waals surface area (Å²) in [5.74, 6) is -0.830. The van der Waals surface area contributed by atoms with Crippen LogP contribution in [0.3, 0.4) is 0 Å². The fourth-order valence-corrected chi connectivity index (χ4v) is 5.53. The van der Waals surface area contributed by atoms with Crippen LogP contribution in [0, 0.1) is 0 Å². The van der Waals surface area contributed by atoms with Crippen LogP contribution in [0.5, 0.6) is 0 Å². The van der Waals surface area contributed by atoms with Crippen molar-refractivity contribution >= 4 is 11.9 Å². The molecule has 0 bridgehead atoms. The molecule has 1 fully saturated rings. The lowest BCUT2D eigenvalue weighted by Crippen LogP contribution is -2.59. The highest BCUT2D eigenvalue weighted by atomic mass is 16.7. The number of rotatable bonds is 30. The van der Waals surface area contributed by atoms with Crippen LogP contribution in [-0.4, -0.2) is 89.0 Å². The molecule has 0 amide bonds. The van der Waals surface area contributed by atoms with Crippen LogP contribution in [0.15, 0.2) is 24.3 Å². The standard InChI is InChI=1S/C38H68O10/c1-3-5-7-9-11-13-14-15-16-17-18-19-21-22-24-26-33(40)45-29-31(47-34(41)27-25-23-20-12-10-8-6-4-2)30-46-38-37(44)36(43)35(42)32(28-39)48-38/h13-16,31-32,35-39,42-44H,3-12,17-30H2,1-2H3/b14-13+,16-15+/t31-,32-,35+,36?,37?,38-/m0/s1. The van der Waals surface area contributed by atoms with Gasteiger partial charge in [0.2, 0.25) is 0 Å². The number of unbranched alkanes of at least 4 members (excludes halogenated alkanes) is 16. The second-order valence-corrected chi connectivity index (χ2v) is 13.1. The quantitative estimate of drug-likeness (QED) is 0.0370. The van der Waals surface area contributed by atoms with Crippen molar-refractivity contribution in [3.63, 3.8) is 0 Å². The van der Waals surface area contributed by atoms with Crippen molar-refractivity contribution in [2.75, 3.05) is 19.8 Å². The zero-order chi connectivity index (χ0) is 35.2. The number of esters is 2. The molecule has 6 atom stereocenters. The highest BCUT2D eigenvalue weighted by molar-refractivity contribution is 5.70. The van der Waals surface area contributed by atoms with E-state index in [1.165, 1.54) is 51.4 Å². The monoisotopic (exact) mass is 684 g/mol. The Morgan fingerprint density at radius 3 is 1.71 bits per heavy atom. The number of carbonyl (C=O) groups is 2. The van der Waals surface area contributed by atoms with Gasteiger partial charge in [-0.15, -0.1) is 0 Å². The van der Waals surface area contributed by atoms with Gasteiger partial charge in [-0.2, -0.15) is 0 Å². The van der Waals surface area contributed by atoms with Gasteiger partial charge in [-0.3, -0.25) is 9.59 Å². The molecule has 1 heterocycles. The van der Waals surface area contributed by atoms with Gasteiger partial charge in [0.05, 0.1) is 13.2 Å². The van der Waals surface area contributed by atoms with Crippen LogP contribution in [0.1, 0.15) is 149 Å². The number of allylic oxidation sites excluding steroid dienone is 4. The maximum Gasteiger partial charge on any atom is 0.306 e. The largest absolute Gasteiger partial charge is 0.462 e. The van der Waals surface area contributed by atoms with E-state index in [9.17, 15) is 30.0 Å². The first kappa shape index (κ1) is 44.2. The minimum absolute atomic E-state index is 0.223. The minimum Gasteiger partial charge on any atom is -0.462 e. The summed E-state index contributed by atoms with van der Waals surface area (Å²) in [5.41, 5.74) is 0. The lowest BCUT2D eigenvalue weighted by molar-refractivity contribution is -0.305. The predicted octanol–water partition coefficient (Wildman–Crippen LogP) is 6.60. The zero-order valence-electron chi connectivity index (χ0n) is 30.0. The molecule has 0 spiro atoms. The molecule has 1 saturated heterocycles. The van der Waals surface area contributed by atoms with Gasteiger partial charge in [0.15, 0.2) is 12.4 Å². The molecule has 48 heavy (non-hydrogen) atoms. The van der Waals surface area contributed by atoms with E-state index in [1.807, 2.05) is 0 Å². The number of aliphatic hydroxyl groups is 4. The molecule has 0 aromatic rings. The van der Waals surface area contributed by atoms with Crippen molar-refractivity contribution < 1.29 is 49.0 Å². The first-order valence-electron chi connectivity index (χ1n) is 18.9. The molecule has 10 nitrogen and oxygen atoms in total. The third-order valence-electron chi connectivity index (χ3n) is 8.62. The fourth-order valence-electron chi connectivity index (χ4n) is 5.53. The smallest absolute Gasteiger partial charge is 0.306 e. The SMILES string of the molecule is CCCCCC/C=C/C=C/CCCCCCCC(=O)OC[C@@H](CO[C@H]1O[C@@H](CO)[C@@H](O)C(O)C1O)OC(=O)CCCCCCCCCC. The minimum atomic E-state index is -1.59. The molecule has 0 aromatic carbocycles. The normalized spacial score (nSPS) is 22.0. The third kappa shape index (κ3) is 22.0. The number of carbonyl (C=O) groups excluding carboxylic acids is 2. The van der Waals surface area contributed by atoms with E-state index < -0.39 is 55.4 Å². The Morgan fingerprint density at radius 2 is 1.15 bits per heavy atom. The lowest BCUT2D eigenvalue weighted by atomic mass is 9.99. The Kier molecular flexibility index (Phi) is 27.7.